The van der Waals surface area contributed by atoms with Gasteiger partial charge in [-0.15, -0.1) is 0 Å². The number of carbonyl (C=O) groups is 1. The molecule has 1 rings (SSSR count). The molecule has 0 bridgehead atoms. The first-order valence-corrected chi connectivity index (χ1v) is 7.04. The topological polar surface area (TPSA) is 48.0 Å². The third kappa shape index (κ3) is 5.73. The number of hydrogen-bond donors (Lipinski definition) is 0. The molecule has 1 amide bonds. The van der Waals surface area contributed by atoms with Crippen LogP contribution in [0.1, 0.15) is 11.1 Å². The Balaban J connectivity index is 2.57. The molecule has 5 nitrogen and oxygen atoms in total. The average Bonchev–Trinajstić information content (AvgIpc) is 2.48. The summed E-state index contributed by atoms with van der Waals surface area (Å²) in [5, 5.41) is 0. The lowest BCUT2D eigenvalue weighted by Gasteiger charge is -2.22. The minimum atomic E-state index is -0.0648. The second-order valence-electron chi connectivity index (χ2n) is 4.85. The number of ether oxygens (including phenoxy) is 3. The van der Waals surface area contributed by atoms with E-state index in [0.717, 1.165) is 16.9 Å². The van der Waals surface area contributed by atoms with Crippen LogP contribution in [0.2, 0.25) is 0 Å². The summed E-state index contributed by atoms with van der Waals surface area (Å²) in [6.07, 6.45) is 0. The standard InChI is InChI=1S/C16H25NO4/c1-13-6-5-7-15(14(13)2)21-12-16(18)17(8-10-19-3)9-11-20-4/h5-7H,8-12H2,1-4H3. The Bertz CT molecular complexity index is 440. The van der Waals surface area contributed by atoms with Crippen LogP contribution in [0.15, 0.2) is 18.2 Å². The van der Waals surface area contributed by atoms with Gasteiger partial charge >= 0.3 is 0 Å². The van der Waals surface area contributed by atoms with Gasteiger partial charge in [-0.05, 0) is 31.0 Å². The van der Waals surface area contributed by atoms with Gasteiger partial charge in [0.15, 0.2) is 6.61 Å². The van der Waals surface area contributed by atoms with E-state index in [0.29, 0.717) is 26.3 Å². The van der Waals surface area contributed by atoms with E-state index < -0.39 is 0 Å². The molecule has 0 aliphatic heterocycles. The molecule has 0 saturated carbocycles. The fourth-order valence-electron chi connectivity index (χ4n) is 1.88. The second-order valence-corrected chi connectivity index (χ2v) is 4.85. The summed E-state index contributed by atoms with van der Waals surface area (Å²) in [7, 11) is 3.23. The Morgan fingerprint density at radius 2 is 1.71 bits per heavy atom. The number of hydrogen-bond acceptors (Lipinski definition) is 4. The molecular formula is C16H25NO4. The number of benzene rings is 1. The van der Waals surface area contributed by atoms with Crippen molar-refractivity contribution in [2.45, 2.75) is 13.8 Å². The highest BCUT2D eigenvalue weighted by Crippen LogP contribution is 2.20. The zero-order valence-electron chi connectivity index (χ0n) is 13.3. The summed E-state index contributed by atoms with van der Waals surface area (Å²) < 4.78 is 15.7. The van der Waals surface area contributed by atoms with Crippen LogP contribution in [-0.2, 0) is 14.3 Å². The van der Waals surface area contributed by atoms with Crippen LogP contribution in [-0.4, -0.2) is 57.9 Å². The Labute approximate surface area is 126 Å². The van der Waals surface area contributed by atoms with Crippen LogP contribution in [0.5, 0.6) is 5.75 Å². The maximum atomic E-state index is 12.2. The van der Waals surface area contributed by atoms with Crippen LogP contribution in [0, 0.1) is 13.8 Å². The van der Waals surface area contributed by atoms with Crippen molar-refractivity contribution >= 4 is 5.91 Å². The lowest BCUT2D eigenvalue weighted by molar-refractivity contribution is -0.134. The molecule has 0 fully saturated rings. The lowest BCUT2D eigenvalue weighted by atomic mass is 10.1. The fraction of sp³-hybridized carbons (Fsp3) is 0.562. The molecule has 0 unspecified atom stereocenters. The highest BCUT2D eigenvalue weighted by atomic mass is 16.5. The van der Waals surface area contributed by atoms with Crippen molar-refractivity contribution in [3.63, 3.8) is 0 Å². The van der Waals surface area contributed by atoms with Crippen LogP contribution in [0.3, 0.4) is 0 Å². The fourth-order valence-corrected chi connectivity index (χ4v) is 1.88. The van der Waals surface area contributed by atoms with E-state index in [9.17, 15) is 4.79 Å². The minimum Gasteiger partial charge on any atom is -0.483 e. The van der Waals surface area contributed by atoms with Crippen LogP contribution in [0.4, 0.5) is 0 Å². The number of rotatable bonds is 9. The highest BCUT2D eigenvalue weighted by Gasteiger charge is 2.14. The van der Waals surface area contributed by atoms with E-state index in [1.54, 1.807) is 19.1 Å². The van der Waals surface area contributed by atoms with Crippen LogP contribution in [0.25, 0.3) is 0 Å². The Morgan fingerprint density at radius 1 is 1.10 bits per heavy atom. The van der Waals surface area contributed by atoms with Crippen molar-refractivity contribution < 1.29 is 19.0 Å². The van der Waals surface area contributed by atoms with Gasteiger partial charge in [0.1, 0.15) is 5.75 Å². The summed E-state index contributed by atoms with van der Waals surface area (Å²) in [6.45, 7) is 6.11. The van der Waals surface area contributed by atoms with Gasteiger partial charge < -0.3 is 19.1 Å². The van der Waals surface area contributed by atoms with Gasteiger partial charge in [-0.3, -0.25) is 4.79 Å². The molecule has 0 N–H and O–H groups in total. The first-order valence-electron chi connectivity index (χ1n) is 7.04. The quantitative estimate of drug-likeness (QED) is 0.697. The summed E-state index contributed by atoms with van der Waals surface area (Å²) in [6, 6.07) is 5.83. The molecule has 0 aromatic heterocycles. The molecule has 0 saturated heterocycles. The van der Waals surface area contributed by atoms with Crippen LogP contribution >= 0.6 is 0 Å². The minimum absolute atomic E-state index is 0.0255. The van der Waals surface area contributed by atoms with Gasteiger partial charge in [0.05, 0.1) is 13.2 Å². The van der Waals surface area contributed by atoms with Crippen molar-refractivity contribution in [2.24, 2.45) is 0 Å². The molecule has 0 radical (unpaired) electrons. The third-order valence-electron chi connectivity index (χ3n) is 3.39. The SMILES string of the molecule is COCCN(CCOC)C(=O)COc1cccc(C)c1C. The molecule has 0 aliphatic rings. The number of nitrogens with zero attached hydrogens (tertiary/aromatic N) is 1. The predicted molar refractivity (Wildman–Crippen MR) is 81.7 cm³/mol. The van der Waals surface area contributed by atoms with Gasteiger partial charge in [0, 0.05) is 27.3 Å². The van der Waals surface area contributed by atoms with Crippen molar-refractivity contribution in [3.05, 3.63) is 29.3 Å². The normalized spacial score (nSPS) is 10.5. The van der Waals surface area contributed by atoms with Crippen molar-refractivity contribution in [2.75, 3.05) is 47.1 Å². The van der Waals surface area contributed by atoms with Crippen LogP contribution < -0.4 is 4.74 Å². The Hall–Kier alpha value is -1.59. The smallest absolute Gasteiger partial charge is 0.260 e. The number of carbonyl (C=O) groups excluding carboxylic acids is 1. The molecule has 0 atom stereocenters. The van der Waals surface area contributed by atoms with Gasteiger partial charge in [-0.2, -0.15) is 0 Å². The highest BCUT2D eigenvalue weighted by molar-refractivity contribution is 5.77. The molecule has 0 aliphatic carbocycles. The molecule has 118 valence electrons. The lowest BCUT2D eigenvalue weighted by Crippen LogP contribution is -2.39. The largest absolute Gasteiger partial charge is 0.483 e. The number of amides is 1. The van der Waals surface area contributed by atoms with Crippen molar-refractivity contribution in [3.8, 4) is 5.75 Å². The van der Waals surface area contributed by atoms with E-state index in [1.165, 1.54) is 0 Å². The number of aryl methyl sites for hydroxylation is 1. The molecule has 1 aromatic carbocycles. The number of methoxy groups -OCH3 is 2. The molecule has 0 spiro atoms. The molecule has 5 heteroatoms. The summed E-state index contributed by atoms with van der Waals surface area (Å²) >= 11 is 0. The Morgan fingerprint density at radius 3 is 2.29 bits per heavy atom. The summed E-state index contributed by atoms with van der Waals surface area (Å²) in [5.41, 5.74) is 2.21. The van der Waals surface area contributed by atoms with Gasteiger partial charge in [0.2, 0.25) is 0 Å². The van der Waals surface area contributed by atoms with E-state index >= 15 is 0 Å². The average molecular weight is 295 g/mol. The van der Waals surface area contributed by atoms with Crippen molar-refractivity contribution in [1.29, 1.82) is 0 Å². The first kappa shape index (κ1) is 17.5. The van der Waals surface area contributed by atoms with Gasteiger partial charge in [-0.25, -0.2) is 0 Å². The summed E-state index contributed by atoms with van der Waals surface area (Å²) in [4.78, 5) is 13.9. The molecule has 1 aromatic rings. The van der Waals surface area contributed by atoms with Gasteiger partial charge in [-0.1, -0.05) is 12.1 Å². The second kappa shape index (κ2) is 9.37. The summed E-state index contributed by atoms with van der Waals surface area (Å²) in [5.74, 6) is 0.687. The maximum absolute atomic E-state index is 12.2. The van der Waals surface area contributed by atoms with Gasteiger partial charge in [0.25, 0.3) is 5.91 Å². The molecule has 21 heavy (non-hydrogen) atoms. The van der Waals surface area contributed by atoms with Crippen molar-refractivity contribution in [1.82, 2.24) is 4.90 Å². The molecule has 0 heterocycles. The maximum Gasteiger partial charge on any atom is 0.260 e. The molecular weight excluding hydrogens is 270 g/mol. The first-order chi connectivity index (χ1) is 10.1. The third-order valence-corrected chi connectivity index (χ3v) is 3.39. The monoisotopic (exact) mass is 295 g/mol. The zero-order chi connectivity index (χ0) is 15.7. The Kier molecular flexibility index (Phi) is 7.79. The van der Waals surface area contributed by atoms with E-state index in [4.69, 9.17) is 14.2 Å². The predicted octanol–water partition coefficient (Wildman–Crippen LogP) is 1.80. The zero-order valence-corrected chi connectivity index (χ0v) is 13.3. The van der Waals surface area contributed by atoms with E-state index in [-0.39, 0.29) is 12.5 Å². The van der Waals surface area contributed by atoms with E-state index in [1.807, 2.05) is 32.0 Å². The van der Waals surface area contributed by atoms with E-state index in [2.05, 4.69) is 0 Å².